The highest BCUT2D eigenvalue weighted by Gasteiger charge is 2.27. The molecule has 0 N–H and O–H groups in total. The van der Waals surface area contributed by atoms with Crippen LogP contribution in [0.3, 0.4) is 0 Å². The van der Waals surface area contributed by atoms with E-state index >= 15 is 0 Å². The van der Waals surface area contributed by atoms with Crippen molar-refractivity contribution in [2.24, 2.45) is 0 Å². The van der Waals surface area contributed by atoms with Crippen LogP contribution in [0.2, 0.25) is 0 Å². The summed E-state index contributed by atoms with van der Waals surface area (Å²) < 4.78 is 42.6. The van der Waals surface area contributed by atoms with Crippen LogP contribution in [-0.2, 0) is 26.1 Å². The standard InChI is InChI=1S/C21H20N4O8S/c1-14-2-7-17(34(29,30)24-8-10-31-11-9-24)12-18(14)21(26)32-13-19-22-20(23-33-19)15-3-5-16(6-4-15)25(27)28/h2-7,12H,8-11,13H2,1H3. The molecule has 0 atom stereocenters. The van der Waals surface area contributed by atoms with E-state index in [9.17, 15) is 23.3 Å². The lowest BCUT2D eigenvalue weighted by atomic mass is 10.1. The first-order valence-electron chi connectivity index (χ1n) is 10.2. The number of carbonyl (C=O) groups is 1. The predicted octanol–water partition coefficient (Wildman–Crippen LogP) is 2.33. The highest BCUT2D eigenvalue weighted by molar-refractivity contribution is 7.89. The minimum absolute atomic E-state index is 0.00908. The van der Waals surface area contributed by atoms with E-state index in [1.807, 2.05) is 0 Å². The molecule has 1 aliphatic heterocycles. The molecule has 1 aromatic heterocycles. The van der Waals surface area contributed by atoms with Crippen LogP contribution in [0, 0.1) is 17.0 Å². The molecule has 0 unspecified atom stereocenters. The lowest BCUT2D eigenvalue weighted by Crippen LogP contribution is -2.40. The van der Waals surface area contributed by atoms with Crippen LogP contribution < -0.4 is 0 Å². The monoisotopic (exact) mass is 488 g/mol. The Morgan fingerprint density at radius 1 is 1.18 bits per heavy atom. The van der Waals surface area contributed by atoms with Gasteiger partial charge < -0.3 is 14.0 Å². The van der Waals surface area contributed by atoms with Gasteiger partial charge in [0.2, 0.25) is 15.8 Å². The molecule has 3 aromatic rings. The number of hydrogen-bond acceptors (Lipinski definition) is 10. The number of morpholine rings is 1. The van der Waals surface area contributed by atoms with Gasteiger partial charge in [-0.2, -0.15) is 9.29 Å². The van der Waals surface area contributed by atoms with Gasteiger partial charge in [0.1, 0.15) is 0 Å². The Morgan fingerprint density at radius 3 is 2.56 bits per heavy atom. The molecule has 12 nitrogen and oxygen atoms in total. The molecule has 0 amide bonds. The average molecular weight is 488 g/mol. The number of hydrogen-bond donors (Lipinski definition) is 0. The maximum atomic E-state index is 12.9. The molecule has 1 aliphatic rings. The summed E-state index contributed by atoms with van der Waals surface area (Å²) in [4.78, 5) is 27.0. The summed E-state index contributed by atoms with van der Waals surface area (Å²) in [5.74, 6) is -0.557. The van der Waals surface area contributed by atoms with Gasteiger partial charge in [0, 0.05) is 30.8 Å². The molecule has 2 heterocycles. The zero-order valence-electron chi connectivity index (χ0n) is 18.0. The number of aryl methyl sites for hydroxylation is 1. The number of nitro benzene ring substituents is 1. The fourth-order valence-corrected chi connectivity index (χ4v) is 4.72. The number of benzene rings is 2. The molecule has 0 spiro atoms. The van der Waals surface area contributed by atoms with Crippen molar-refractivity contribution in [2.75, 3.05) is 26.3 Å². The summed E-state index contributed by atoms with van der Waals surface area (Å²) in [7, 11) is -3.78. The van der Waals surface area contributed by atoms with Gasteiger partial charge in [0.05, 0.1) is 28.6 Å². The third-order valence-corrected chi connectivity index (χ3v) is 7.06. The largest absolute Gasteiger partial charge is 0.452 e. The summed E-state index contributed by atoms with van der Waals surface area (Å²) in [5.41, 5.74) is 1.06. The first-order chi connectivity index (χ1) is 16.3. The van der Waals surface area contributed by atoms with Crippen molar-refractivity contribution in [2.45, 2.75) is 18.4 Å². The highest BCUT2D eigenvalue weighted by Crippen LogP contribution is 2.23. The van der Waals surface area contributed by atoms with Gasteiger partial charge in [-0.25, -0.2) is 13.2 Å². The number of rotatable bonds is 7. The number of non-ortho nitro benzene ring substituents is 1. The van der Waals surface area contributed by atoms with E-state index in [4.69, 9.17) is 14.0 Å². The topological polar surface area (TPSA) is 155 Å². The second-order valence-corrected chi connectivity index (χ2v) is 9.32. The fourth-order valence-electron chi connectivity index (χ4n) is 3.29. The Labute approximate surface area is 194 Å². The lowest BCUT2D eigenvalue weighted by molar-refractivity contribution is -0.384. The second-order valence-electron chi connectivity index (χ2n) is 7.39. The smallest absolute Gasteiger partial charge is 0.338 e. The molecular weight excluding hydrogens is 468 g/mol. The van der Waals surface area contributed by atoms with Crippen LogP contribution in [0.25, 0.3) is 11.4 Å². The molecule has 0 radical (unpaired) electrons. The number of nitro groups is 1. The van der Waals surface area contributed by atoms with Crippen LogP contribution in [-0.4, -0.2) is 60.1 Å². The quantitative estimate of drug-likeness (QED) is 0.275. The Kier molecular flexibility index (Phi) is 6.68. The van der Waals surface area contributed by atoms with Gasteiger partial charge in [-0.3, -0.25) is 10.1 Å². The van der Waals surface area contributed by atoms with E-state index in [2.05, 4.69) is 10.1 Å². The van der Waals surface area contributed by atoms with Crippen molar-refractivity contribution in [3.05, 3.63) is 69.6 Å². The van der Waals surface area contributed by atoms with Crippen molar-refractivity contribution in [3.63, 3.8) is 0 Å². The van der Waals surface area contributed by atoms with Crippen molar-refractivity contribution in [1.29, 1.82) is 0 Å². The summed E-state index contributed by atoms with van der Waals surface area (Å²) in [6.07, 6.45) is 0. The van der Waals surface area contributed by atoms with E-state index in [1.165, 1.54) is 40.7 Å². The predicted molar refractivity (Wildman–Crippen MR) is 116 cm³/mol. The van der Waals surface area contributed by atoms with Crippen LogP contribution in [0.5, 0.6) is 0 Å². The normalized spacial score (nSPS) is 14.6. The van der Waals surface area contributed by atoms with Crippen molar-refractivity contribution in [1.82, 2.24) is 14.4 Å². The Hall–Kier alpha value is -3.68. The first-order valence-corrected chi connectivity index (χ1v) is 11.6. The van der Waals surface area contributed by atoms with Crippen LogP contribution in [0.15, 0.2) is 51.9 Å². The minimum atomic E-state index is -3.78. The summed E-state index contributed by atoms with van der Waals surface area (Å²) in [5, 5.41) is 14.6. The lowest BCUT2D eigenvalue weighted by Gasteiger charge is -2.26. The molecule has 34 heavy (non-hydrogen) atoms. The number of sulfonamides is 1. The third kappa shape index (κ3) is 4.95. The fraction of sp³-hybridized carbons (Fsp3) is 0.286. The number of nitrogens with zero attached hydrogens (tertiary/aromatic N) is 4. The van der Waals surface area contributed by atoms with E-state index < -0.39 is 20.9 Å². The van der Waals surface area contributed by atoms with Crippen molar-refractivity contribution in [3.8, 4) is 11.4 Å². The SMILES string of the molecule is Cc1ccc(S(=O)(=O)N2CCOCC2)cc1C(=O)OCc1nc(-c2ccc([N+](=O)[O-])cc2)no1. The first kappa shape index (κ1) is 23.5. The van der Waals surface area contributed by atoms with Crippen LogP contribution in [0.1, 0.15) is 21.8 Å². The molecule has 1 saturated heterocycles. The third-order valence-electron chi connectivity index (χ3n) is 5.17. The Morgan fingerprint density at radius 2 is 1.88 bits per heavy atom. The van der Waals surface area contributed by atoms with E-state index in [0.717, 1.165) is 0 Å². The van der Waals surface area contributed by atoms with Gasteiger partial charge in [0.15, 0.2) is 6.61 Å². The van der Waals surface area contributed by atoms with Crippen molar-refractivity contribution >= 4 is 21.7 Å². The van der Waals surface area contributed by atoms with E-state index in [0.29, 0.717) is 24.3 Å². The Balaban J connectivity index is 1.45. The number of esters is 1. The zero-order valence-corrected chi connectivity index (χ0v) is 18.9. The average Bonchev–Trinajstić information content (AvgIpc) is 3.32. The van der Waals surface area contributed by atoms with E-state index in [1.54, 1.807) is 13.0 Å². The summed E-state index contributed by atoms with van der Waals surface area (Å²) in [6.45, 7) is 2.44. The maximum absolute atomic E-state index is 12.9. The number of aromatic nitrogens is 2. The van der Waals surface area contributed by atoms with Gasteiger partial charge in [-0.1, -0.05) is 11.2 Å². The zero-order chi connectivity index (χ0) is 24.3. The number of ether oxygens (including phenoxy) is 2. The molecule has 4 rings (SSSR count). The second kappa shape index (κ2) is 9.67. The highest BCUT2D eigenvalue weighted by atomic mass is 32.2. The molecule has 0 bridgehead atoms. The molecular formula is C21H20N4O8S. The number of carbonyl (C=O) groups excluding carboxylic acids is 1. The van der Waals surface area contributed by atoms with Gasteiger partial charge in [-0.05, 0) is 36.8 Å². The van der Waals surface area contributed by atoms with E-state index in [-0.39, 0.29) is 47.6 Å². The molecule has 0 saturated carbocycles. The molecule has 1 fully saturated rings. The minimum Gasteiger partial charge on any atom is -0.452 e. The van der Waals surface area contributed by atoms with Crippen LogP contribution >= 0.6 is 0 Å². The summed E-state index contributed by atoms with van der Waals surface area (Å²) >= 11 is 0. The van der Waals surface area contributed by atoms with Crippen LogP contribution in [0.4, 0.5) is 5.69 Å². The molecule has 178 valence electrons. The van der Waals surface area contributed by atoms with Gasteiger partial charge >= 0.3 is 5.97 Å². The molecule has 2 aromatic carbocycles. The molecule has 0 aliphatic carbocycles. The van der Waals surface area contributed by atoms with Gasteiger partial charge in [-0.15, -0.1) is 0 Å². The maximum Gasteiger partial charge on any atom is 0.338 e. The molecule has 13 heteroatoms. The summed E-state index contributed by atoms with van der Waals surface area (Å²) in [6, 6.07) is 9.86. The van der Waals surface area contributed by atoms with Gasteiger partial charge in [0.25, 0.3) is 11.6 Å². The Bertz CT molecular complexity index is 1310. The van der Waals surface area contributed by atoms with Crippen molar-refractivity contribution < 1.29 is 32.1 Å².